The van der Waals surface area contributed by atoms with Crippen molar-refractivity contribution in [3.8, 4) is 0 Å². The molecule has 41 heavy (non-hydrogen) atoms. The number of amides is 2. The molecule has 2 heterocycles. The molecule has 3 aliphatic rings. The summed E-state index contributed by atoms with van der Waals surface area (Å²) >= 11 is 0. The number of rotatable bonds is 8. The van der Waals surface area contributed by atoms with Crippen molar-refractivity contribution in [3.05, 3.63) is 84.0 Å². The minimum atomic E-state index is -4.55. The van der Waals surface area contributed by atoms with Crippen LogP contribution in [0.15, 0.2) is 72.9 Å². The summed E-state index contributed by atoms with van der Waals surface area (Å²) in [5.74, 6) is -0.939. The molecular weight excluding hydrogens is 531 g/mol. The van der Waals surface area contributed by atoms with Crippen molar-refractivity contribution in [2.45, 2.75) is 63.3 Å². The predicted molar refractivity (Wildman–Crippen MR) is 153 cm³/mol. The Kier molecular flexibility index (Phi) is 8.99. The van der Waals surface area contributed by atoms with Crippen LogP contribution in [-0.4, -0.2) is 71.1 Å². The third-order valence-electron chi connectivity index (χ3n) is 9.04. The molecular formula is C32H40F3N3O3. The van der Waals surface area contributed by atoms with Crippen LogP contribution in [0.5, 0.6) is 0 Å². The second-order valence-electron chi connectivity index (χ2n) is 12.0. The van der Waals surface area contributed by atoms with E-state index in [-0.39, 0.29) is 23.4 Å². The van der Waals surface area contributed by atoms with E-state index < -0.39 is 23.2 Å². The number of alkyl halides is 3. The van der Waals surface area contributed by atoms with Crippen LogP contribution in [0.2, 0.25) is 0 Å². The van der Waals surface area contributed by atoms with Crippen LogP contribution in [0.3, 0.4) is 0 Å². The quantitative estimate of drug-likeness (QED) is 0.417. The number of hydrogen-bond acceptors (Lipinski definition) is 4. The molecule has 3 fully saturated rings. The van der Waals surface area contributed by atoms with Gasteiger partial charge in [0.2, 0.25) is 5.91 Å². The van der Waals surface area contributed by atoms with Crippen LogP contribution >= 0.6 is 0 Å². The first-order valence-corrected chi connectivity index (χ1v) is 14.1. The molecule has 0 bridgehead atoms. The number of nitrogens with one attached hydrogen (secondary N) is 1. The van der Waals surface area contributed by atoms with Gasteiger partial charge in [-0.1, -0.05) is 43.5 Å². The lowest BCUT2D eigenvalue weighted by Crippen LogP contribution is -2.44. The Morgan fingerprint density at radius 2 is 1.76 bits per heavy atom. The van der Waals surface area contributed by atoms with Gasteiger partial charge in [-0.15, -0.1) is 0 Å². The summed E-state index contributed by atoms with van der Waals surface area (Å²) in [4.78, 5) is 29.5. The molecule has 0 aromatic heterocycles. The van der Waals surface area contributed by atoms with Crippen molar-refractivity contribution in [3.63, 3.8) is 0 Å². The summed E-state index contributed by atoms with van der Waals surface area (Å²) < 4.78 is 38.9. The van der Waals surface area contributed by atoms with Crippen LogP contribution in [0, 0.1) is 5.41 Å². The minimum Gasteiger partial charge on any atom is -0.385 e. The lowest BCUT2D eigenvalue weighted by Gasteiger charge is -2.40. The lowest BCUT2D eigenvalue weighted by atomic mass is 9.77. The van der Waals surface area contributed by atoms with Gasteiger partial charge in [0.05, 0.1) is 17.7 Å². The Morgan fingerprint density at radius 3 is 2.41 bits per heavy atom. The topological polar surface area (TPSA) is 72.9 Å². The Bertz CT molecular complexity index is 1250. The number of benzene rings is 1. The van der Waals surface area contributed by atoms with E-state index in [0.717, 1.165) is 62.1 Å². The van der Waals surface area contributed by atoms with Crippen molar-refractivity contribution in [1.82, 2.24) is 15.1 Å². The van der Waals surface area contributed by atoms with Gasteiger partial charge in [-0.3, -0.25) is 14.5 Å². The molecule has 222 valence electrons. The molecule has 6 nitrogen and oxygen atoms in total. The van der Waals surface area contributed by atoms with Gasteiger partial charge in [-0.2, -0.15) is 13.2 Å². The lowest BCUT2D eigenvalue weighted by molar-refractivity contribution is -0.137. The number of carbonyl (C=O) groups excluding carboxylic acids is 2. The molecule has 1 aromatic carbocycles. The zero-order valence-electron chi connectivity index (χ0n) is 23.7. The highest BCUT2D eigenvalue weighted by atomic mass is 19.4. The smallest absolute Gasteiger partial charge is 0.385 e. The molecule has 9 heteroatoms. The van der Waals surface area contributed by atoms with Gasteiger partial charge < -0.3 is 15.3 Å². The molecule has 1 saturated carbocycles. The Hall–Kier alpha value is -3.17. The van der Waals surface area contributed by atoms with Gasteiger partial charge in [0, 0.05) is 36.7 Å². The van der Waals surface area contributed by atoms with Gasteiger partial charge in [0.1, 0.15) is 0 Å². The molecule has 1 atom stereocenters. The summed E-state index contributed by atoms with van der Waals surface area (Å²) in [6.45, 7) is 16.6. The summed E-state index contributed by atoms with van der Waals surface area (Å²) in [5, 5.41) is 13.7. The zero-order valence-corrected chi connectivity index (χ0v) is 23.7. The van der Waals surface area contributed by atoms with E-state index in [9.17, 15) is 27.9 Å². The van der Waals surface area contributed by atoms with Crippen molar-refractivity contribution in [2.75, 3.05) is 32.7 Å². The molecule has 1 unspecified atom stereocenters. The molecule has 1 spiro atoms. The molecule has 4 rings (SSSR count). The highest BCUT2D eigenvalue weighted by molar-refractivity contribution is 5.96. The van der Waals surface area contributed by atoms with Crippen LogP contribution in [0.25, 0.3) is 0 Å². The summed E-state index contributed by atoms with van der Waals surface area (Å²) in [5.41, 5.74) is 0.429. The van der Waals surface area contributed by atoms with Crippen molar-refractivity contribution >= 4 is 11.8 Å². The number of nitrogens with zero attached hydrogens (tertiary/aromatic N) is 2. The van der Waals surface area contributed by atoms with E-state index in [2.05, 4.69) is 30.0 Å². The van der Waals surface area contributed by atoms with E-state index in [1.54, 1.807) is 4.90 Å². The molecule has 2 N–H and O–H groups in total. The largest absolute Gasteiger partial charge is 0.416 e. The van der Waals surface area contributed by atoms with E-state index in [4.69, 9.17) is 0 Å². The SMILES string of the molecule is C=C(C)C(=C)/C=C\C(=C)C1(O)CCC(N2CCC3(CCN(C(=O)CNC(=O)c4cccc(C(F)(F)F)c4)C3)C2)CC1. The first-order valence-electron chi connectivity index (χ1n) is 14.1. The number of allylic oxidation sites excluding steroid dienone is 3. The second-order valence-corrected chi connectivity index (χ2v) is 12.0. The van der Waals surface area contributed by atoms with Crippen molar-refractivity contribution in [2.24, 2.45) is 5.41 Å². The number of carbonyl (C=O) groups is 2. The fourth-order valence-electron chi connectivity index (χ4n) is 6.23. The summed E-state index contributed by atoms with van der Waals surface area (Å²) in [6.07, 6.45) is 4.01. The third-order valence-corrected chi connectivity index (χ3v) is 9.04. The number of likely N-dealkylation sites (tertiary alicyclic amines) is 2. The first-order chi connectivity index (χ1) is 19.2. The van der Waals surface area contributed by atoms with E-state index in [1.165, 1.54) is 12.1 Å². The molecule has 1 aliphatic carbocycles. The molecule has 2 aliphatic heterocycles. The molecule has 0 radical (unpaired) electrons. The maximum absolute atomic E-state index is 13.0. The first kappa shape index (κ1) is 30.8. The highest BCUT2D eigenvalue weighted by Crippen LogP contribution is 2.43. The second kappa shape index (κ2) is 12.0. The average molecular weight is 572 g/mol. The van der Waals surface area contributed by atoms with Gasteiger partial charge in [-0.25, -0.2) is 0 Å². The van der Waals surface area contributed by atoms with Crippen LogP contribution < -0.4 is 5.32 Å². The van der Waals surface area contributed by atoms with E-state index >= 15 is 0 Å². The number of halogens is 3. The summed E-state index contributed by atoms with van der Waals surface area (Å²) in [6, 6.07) is 4.54. The van der Waals surface area contributed by atoms with E-state index in [0.29, 0.717) is 37.5 Å². The summed E-state index contributed by atoms with van der Waals surface area (Å²) in [7, 11) is 0. The minimum absolute atomic E-state index is 0.00367. The van der Waals surface area contributed by atoms with Gasteiger partial charge in [0.25, 0.3) is 5.91 Å². The Balaban J connectivity index is 1.25. The van der Waals surface area contributed by atoms with Gasteiger partial charge in [-0.05, 0) is 81.3 Å². The average Bonchev–Trinajstić information content (AvgIpc) is 3.56. The fourth-order valence-corrected chi connectivity index (χ4v) is 6.23. The third kappa shape index (κ3) is 7.19. The van der Waals surface area contributed by atoms with Gasteiger partial charge >= 0.3 is 6.18 Å². The predicted octanol–water partition coefficient (Wildman–Crippen LogP) is 5.28. The molecule has 1 aromatic rings. The van der Waals surface area contributed by atoms with Crippen molar-refractivity contribution in [1.29, 1.82) is 0 Å². The number of aliphatic hydroxyl groups is 1. The van der Waals surface area contributed by atoms with Crippen LogP contribution in [-0.2, 0) is 11.0 Å². The maximum Gasteiger partial charge on any atom is 0.416 e. The normalized spacial score (nSPS) is 27.0. The number of hydrogen-bond donors (Lipinski definition) is 2. The van der Waals surface area contributed by atoms with Gasteiger partial charge in [0.15, 0.2) is 0 Å². The highest BCUT2D eigenvalue weighted by Gasteiger charge is 2.47. The van der Waals surface area contributed by atoms with Crippen molar-refractivity contribution < 1.29 is 27.9 Å². The zero-order chi connectivity index (χ0) is 30.0. The Labute approximate surface area is 240 Å². The van der Waals surface area contributed by atoms with Crippen LogP contribution in [0.4, 0.5) is 13.2 Å². The molecule has 2 amide bonds. The van der Waals surface area contributed by atoms with E-state index in [1.807, 2.05) is 19.1 Å². The van der Waals surface area contributed by atoms with Crippen LogP contribution in [0.1, 0.15) is 61.4 Å². The molecule has 2 saturated heterocycles. The Morgan fingerprint density at radius 1 is 1.07 bits per heavy atom. The fraction of sp³-hybridized carbons (Fsp3) is 0.500. The monoisotopic (exact) mass is 571 g/mol. The maximum atomic E-state index is 13.0. The standard InChI is InChI=1S/C32H40F3N3O3/c1-22(2)23(3)8-9-24(4)31(41)12-10-27(11-13-31)37-16-14-30(20-37)15-17-38(21-30)28(39)19-36-29(40)25-6-5-7-26(18-25)32(33,34)35/h5-9,18,27,41H,1,3-4,10-17,19-21H2,2H3,(H,36,40)/b9-8-.